The summed E-state index contributed by atoms with van der Waals surface area (Å²) in [5, 5.41) is 16.6. The number of aromatic nitrogens is 4. The van der Waals surface area contributed by atoms with Gasteiger partial charge in [0.15, 0.2) is 5.76 Å². The molecule has 0 atom stereocenters. The molecule has 2 heterocycles. The number of furan rings is 1. The summed E-state index contributed by atoms with van der Waals surface area (Å²) in [6.07, 6.45) is 2.88. The Morgan fingerprint density at radius 2 is 1.59 bits per heavy atom. The Labute approximate surface area is 194 Å². The first kappa shape index (κ1) is 22.5. The molecule has 0 unspecified atom stereocenters. The highest BCUT2D eigenvalue weighted by molar-refractivity contribution is 6.06. The second-order valence-electron chi connectivity index (χ2n) is 6.90. The third-order valence-corrected chi connectivity index (χ3v) is 4.67. The first-order valence-corrected chi connectivity index (χ1v) is 10.5. The molecule has 0 radical (unpaired) electrons. The van der Waals surface area contributed by atoms with Crippen molar-refractivity contribution in [3.63, 3.8) is 0 Å². The number of anilines is 2. The lowest BCUT2D eigenvalue weighted by molar-refractivity contribution is 0.0993. The van der Waals surface area contributed by atoms with Gasteiger partial charge in [-0.25, -0.2) is 4.68 Å². The second-order valence-corrected chi connectivity index (χ2v) is 6.90. The third kappa shape index (κ3) is 5.04. The first-order chi connectivity index (χ1) is 16.6. The number of tetrazole rings is 1. The van der Waals surface area contributed by atoms with Gasteiger partial charge < -0.3 is 24.5 Å². The van der Waals surface area contributed by atoms with Crippen LogP contribution in [0.3, 0.4) is 0 Å². The average Bonchev–Trinajstić information content (AvgIpc) is 3.57. The van der Waals surface area contributed by atoms with Crippen LogP contribution >= 0.6 is 0 Å². The molecule has 4 rings (SSSR count). The summed E-state index contributed by atoms with van der Waals surface area (Å²) in [6.45, 7) is 4.34. The maximum atomic E-state index is 12.9. The summed E-state index contributed by atoms with van der Waals surface area (Å²) in [5.74, 6) is 0.115. The fourth-order valence-electron chi connectivity index (χ4n) is 3.14. The van der Waals surface area contributed by atoms with E-state index in [0.29, 0.717) is 47.3 Å². The maximum Gasteiger partial charge on any atom is 0.291 e. The molecule has 2 N–H and O–H groups in total. The van der Waals surface area contributed by atoms with Crippen molar-refractivity contribution in [2.75, 3.05) is 23.8 Å². The van der Waals surface area contributed by atoms with Crippen LogP contribution in [-0.2, 0) is 0 Å². The minimum atomic E-state index is -0.437. The van der Waals surface area contributed by atoms with Crippen LogP contribution in [0.15, 0.2) is 65.5 Å². The summed E-state index contributed by atoms with van der Waals surface area (Å²) >= 11 is 0. The molecule has 34 heavy (non-hydrogen) atoms. The molecule has 0 aliphatic rings. The van der Waals surface area contributed by atoms with Gasteiger partial charge in [0, 0.05) is 17.7 Å². The van der Waals surface area contributed by atoms with Crippen LogP contribution in [0.5, 0.6) is 11.5 Å². The van der Waals surface area contributed by atoms with E-state index in [9.17, 15) is 9.59 Å². The van der Waals surface area contributed by atoms with Crippen molar-refractivity contribution in [1.29, 1.82) is 0 Å². The lowest BCUT2D eigenvalue weighted by Gasteiger charge is -2.17. The SMILES string of the molecule is CCOc1cc(NC(=O)c2ccco2)c(OCC)cc1NC(=O)c1ccc(-n2cnnn2)cc1. The van der Waals surface area contributed by atoms with E-state index >= 15 is 0 Å². The van der Waals surface area contributed by atoms with E-state index in [4.69, 9.17) is 13.9 Å². The molecule has 2 aromatic carbocycles. The van der Waals surface area contributed by atoms with Crippen molar-refractivity contribution in [2.45, 2.75) is 13.8 Å². The predicted molar refractivity (Wildman–Crippen MR) is 123 cm³/mol. The van der Waals surface area contributed by atoms with Crippen LogP contribution in [0.1, 0.15) is 34.8 Å². The number of nitrogens with one attached hydrogen (secondary N) is 2. The van der Waals surface area contributed by atoms with Crippen molar-refractivity contribution in [3.8, 4) is 17.2 Å². The average molecular weight is 462 g/mol. The number of rotatable bonds is 9. The highest BCUT2D eigenvalue weighted by Gasteiger charge is 2.18. The molecule has 0 saturated carbocycles. The van der Waals surface area contributed by atoms with E-state index in [1.807, 2.05) is 13.8 Å². The molecular weight excluding hydrogens is 440 g/mol. The van der Waals surface area contributed by atoms with Crippen LogP contribution in [-0.4, -0.2) is 45.2 Å². The normalized spacial score (nSPS) is 10.5. The maximum absolute atomic E-state index is 12.9. The Kier molecular flexibility index (Phi) is 6.82. The molecule has 0 bridgehead atoms. The molecule has 11 heteroatoms. The van der Waals surface area contributed by atoms with Gasteiger partial charge in [0.05, 0.1) is 36.5 Å². The monoisotopic (exact) mass is 462 g/mol. The third-order valence-electron chi connectivity index (χ3n) is 4.67. The Morgan fingerprint density at radius 1 is 0.941 bits per heavy atom. The van der Waals surface area contributed by atoms with Gasteiger partial charge in [0.2, 0.25) is 0 Å². The summed E-state index contributed by atoms with van der Waals surface area (Å²) < 4.78 is 18.1. The fraction of sp³-hybridized carbons (Fsp3) is 0.174. The number of hydrogen-bond donors (Lipinski definition) is 2. The van der Waals surface area contributed by atoms with Crippen molar-refractivity contribution in [3.05, 3.63) is 72.4 Å². The quantitative estimate of drug-likeness (QED) is 0.386. The van der Waals surface area contributed by atoms with Crippen LogP contribution < -0.4 is 20.1 Å². The molecule has 0 aliphatic carbocycles. The number of hydrogen-bond acceptors (Lipinski definition) is 8. The first-order valence-electron chi connectivity index (χ1n) is 10.5. The molecule has 11 nitrogen and oxygen atoms in total. The second kappa shape index (κ2) is 10.3. The topological polar surface area (TPSA) is 133 Å². The number of nitrogens with zero attached hydrogens (tertiary/aromatic N) is 4. The molecule has 0 fully saturated rings. The van der Waals surface area contributed by atoms with Gasteiger partial charge in [-0.2, -0.15) is 0 Å². The van der Waals surface area contributed by atoms with Crippen LogP contribution in [0, 0.1) is 0 Å². The summed E-state index contributed by atoms with van der Waals surface area (Å²) in [5.41, 5.74) is 1.92. The standard InChI is InChI=1S/C23H22N6O5/c1-3-32-20-13-18(26-23(31)19-6-5-11-34-19)21(33-4-2)12-17(20)25-22(30)15-7-9-16(10-8-15)29-14-24-27-28-29/h5-14H,3-4H2,1-2H3,(H,25,30)(H,26,31). The Morgan fingerprint density at radius 3 is 2.12 bits per heavy atom. The minimum Gasteiger partial charge on any atom is -0.492 e. The largest absolute Gasteiger partial charge is 0.492 e. The van der Waals surface area contributed by atoms with Gasteiger partial charge in [-0.15, -0.1) is 5.10 Å². The molecule has 4 aromatic rings. The number of carbonyl (C=O) groups is 2. The van der Waals surface area contributed by atoms with Crippen molar-refractivity contribution in [2.24, 2.45) is 0 Å². The highest BCUT2D eigenvalue weighted by Crippen LogP contribution is 2.37. The zero-order valence-electron chi connectivity index (χ0n) is 18.5. The van der Waals surface area contributed by atoms with E-state index in [1.165, 1.54) is 17.3 Å². The summed E-state index contributed by atoms with van der Waals surface area (Å²) in [4.78, 5) is 25.4. The van der Waals surface area contributed by atoms with Gasteiger partial charge in [0.25, 0.3) is 11.8 Å². The van der Waals surface area contributed by atoms with Crippen LogP contribution in [0.2, 0.25) is 0 Å². The molecule has 0 aliphatic heterocycles. The van der Waals surface area contributed by atoms with Crippen LogP contribution in [0.4, 0.5) is 11.4 Å². The molecular formula is C23H22N6O5. The fourth-order valence-corrected chi connectivity index (χ4v) is 3.14. The zero-order chi connectivity index (χ0) is 23.9. The van der Waals surface area contributed by atoms with E-state index in [-0.39, 0.29) is 11.7 Å². The van der Waals surface area contributed by atoms with Crippen molar-refractivity contribution in [1.82, 2.24) is 20.2 Å². The molecule has 174 valence electrons. The van der Waals surface area contributed by atoms with Gasteiger partial charge in [-0.1, -0.05) is 0 Å². The lowest BCUT2D eigenvalue weighted by atomic mass is 10.1. The Bertz CT molecular complexity index is 1250. The number of amides is 2. The van der Waals surface area contributed by atoms with E-state index < -0.39 is 5.91 Å². The summed E-state index contributed by atoms with van der Waals surface area (Å²) in [6, 6.07) is 13.2. The zero-order valence-corrected chi connectivity index (χ0v) is 18.5. The summed E-state index contributed by atoms with van der Waals surface area (Å²) in [7, 11) is 0. The van der Waals surface area contributed by atoms with Gasteiger partial charge in [-0.05, 0) is 60.7 Å². The highest BCUT2D eigenvalue weighted by atomic mass is 16.5. The Balaban J connectivity index is 1.59. The van der Waals surface area contributed by atoms with E-state index in [1.54, 1.807) is 48.5 Å². The van der Waals surface area contributed by atoms with Crippen molar-refractivity contribution < 1.29 is 23.5 Å². The number of benzene rings is 2. The van der Waals surface area contributed by atoms with Gasteiger partial charge in [0.1, 0.15) is 17.8 Å². The van der Waals surface area contributed by atoms with Crippen molar-refractivity contribution >= 4 is 23.2 Å². The molecule has 0 spiro atoms. The molecule has 2 amide bonds. The number of ether oxygens (including phenoxy) is 2. The lowest BCUT2D eigenvalue weighted by Crippen LogP contribution is -2.15. The van der Waals surface area contributed by atoms with Crippen LogP contribution in [0.25, 0.3) is 5.69 Å². The molecule has 0 saturated heterocycles. The Hall–Kier alpha value is -4.67. The predicted octanol–water partition coefficient (Wildman–Crippen LogP) is 3.56. The smallest absolute Gasteiger partial charge is 0.291 e. The van der Waals surface area contributed by atoms with E-state index in [2.05, 4.69) is 26.2 Å². The van der Waals surface area contributed by atoms with E-state index in [0.717, 1.165) is 0 Å². The van der Waals surface area contributed by atoms with Gasteiger partial charge in [-0.3, -0.25) is 9.59 Å². The van der Waals surface area contributed by atoms with Gasteiger partial charge >= 0.3 is 0 Å². The minimum absolute atomic E-state index is 0.155. The number of carbonyl (C=O) groups excluding carboxylic acids is 2. The molecule has 2 aromatic heterocycles.